The van der Waals surface area contributed by atoms with E-state index in [4.69, 9.17) is 15.5 Å². The van der Waals surface area contributed by atoms with Crippen LogP contribution in [-0.2, 0) is 6.42 Å². The van der Waals surface area contributed by atoms with Gasteiger partial charge >= 0.3 is 0 Å². The molecule has 9 nitrogen and oxygen atoms in total. The van der Waals surface area contributed by atoms with E-state index >= 15 is 0 Å². The molecule has 2 amide bonds. The minimum atomic E-state index is -0.670. The van der Waals surface area contributed by atoms with Gasteiger partial charge in [0.1, 0.15) is 17.2 Å². The van der Waals surface area contributed by atoms with Crippen molar-refractivity contribution in [2.45, 2.75) is 25.8 Å². The first-order valence-corrected chi connectivity index (χ1v) is 10.6. The zero-order valence-electron chi connectivity index (χ0n) is 17.0. The quantitative estimate of drug-likeness (QED) is 0.646. The van der Waals surface area contributed by atoms with Crippen LogP contribution in [0, 0.1) is 0 Å². The van der Waals surface area contributed by atoms with Crippen molar-refractivity contribution >= 4 is 34.0 Å². The van der Waals surface area contributed by atoms with Crippen LogP contribution >= 0.6 is 11.3 Å². The molecule has 0 spiro atoms. The lowest BCUT2D eigenvalue weighted by atomic mass is 9.94. The highest BCUT2D eigenvalue weighted by atomic mass is 32.1. The SMILES string of the molecule is CC1(C)Cc2nc(N3CCOc4ccc(-c5cnc(C(N)=O)nc5)cc43)sc2C(=O)N1. The van der Waals surface area contributed by atoms with Crippen molar-refractivity contribution < 1.29 is 14.3 Å². The molecule has 0 saturated carbocycles. The second-order valence-electron chi connectivity index (χ2n) is 8.13. The Balaban J connectivity index is 1.52. The molecule has 0 bridgehead atoms. The van der Waals surface area contributed by atoms with Gasteiger partial charge in [-0.2, -0.15) is 0 Å². The van der Waals surface area contributed by atoms with Gasteiger partial charge in [0.05, 0.1) is 17.9 Å². The van der Waals surface area contributed by atoms with Crippen molar-refractivity contribution in [1.29, 1.82) is 0 Å². The van der Waals surface area contributed by atoms with E-state index in [2.05, 4.69) is 20.2 Å². The summed E-state index contributed by atoms with van der Waals surface area (Å²) in [6.45, 7) is 5.12. The molecule has 2 aromatic heterocycles. The third kappa shape index (κ3) is 3.48. The summed E-state index contributed by atoms with van der Waals surface area (Å²) >= 11 is 1.39. The topological polar surface area (TPSA) is 123 Å². The molecule has 1 aromatic carbocycles. The predicted octanol–water partition coefficient (Wildman–Crippen LogP) is 2.29. The lowest BCUT2D eigenvalue weighted by Gasteiger charge is -2.29. The van der Waals surface area contributed by atoms with Gasteiger partial charge in [-0.15, -0.1) is 0 Å². The number of rotatable bonds is 3. The summed E-state index contributed by atoms with van der Waals surface area (Å²) in [6, 6.07) is 5.78. The fourth-order valence-corrected chi connectivity index (χ4v) is 4.80. The molecule has 3 aromatic rings. The van der Waals surface area contributed by atoms with Crippen LogP contribution < -0.4 is 20.7 Å². The number of anilines is 2. The maximum Gasteiger partial charge on any atom is 0.286 e. The van der Waals surface area contributed by atoms with E-state index in [0.29, 0.717) is 24.4 Å². The number of aromatic nitrogens is 3. The highest BCUT2D eigenvalue weighted by Gasteiger charge is 2.34. The van der Waals surface area contributed by atoms with Gasteiger partial charge in [-0.05, 0) is 31.5 Å². The number of nitrogens with zero attached hydrogens (tertiary/aromatic N) is 4. The second-order valence-corrected chi connectivity index (χ2v) is 9.11. The van der Waals surface area contributed by atoms with Gasteiger partial charge in [-0.25, -0.2) is 15.0 Å². The molecule has 2 aliphatic rings. The normalized spacial score (nSPS) is 16.7. The minimum Gasteiger partial charge on any atom is -0.490 e. The Morgan fingerprint density at radius 1 is 1.26 bits per heavy atom. The number of nitrogens with one attached hydrogen (secondary N) is 1. The average molecular weight is 436 g/mol. The van der Waals surface area contributed by atoms with Gasteiger partial charge < -0.3 is 20.7 Å². The molecule has 0 atom stereocenters. The maximum atomic E-state index is 12.5. The van der Waals surface area contributed by atoms with Crippen molar-refractivity contribution in [3.63, 3.8) is 0 Å². The standard InChI is InChI=1S/C21H20N6O3S/c1-21(2)8-13-16(19(29)26-21)31-20(25-13)27-5-6-30-15-4-3-11(7-14(15)27)12-9-23-18(17(22)28)24-10-12/h3-4,7,9-10H,5-6,8H2,1-2H3,(H2,22,28)(H,26,29). The van der Waals surface area contributed by atoms with E-state index in [-0.39, 0.29) is 17.3 Å². The van der Waals surface area contributed by atoms with Crippen molar-refractivity contribution in [2.24, 2.45) is 5.73 Å². The van der Waals surface area contributed by atoms with Crippen molar-refractivity contribution in [1.82, 2.24) is 20.3 Å². The number of hydrogen-bond acceptors (Lipinski definition) is 8. The predicted molar refractivity (Wildman–Crippen MR) is 116 cm³/mol. The molecule has 31 heavy (non-hydrogen) atoms. The Labute approximate surface area is 182 Å². The number of amides is 2. The fourth-order valence-electron chi connectivity index (χ4n) is 3.78. The number of benzene rings is 1. The number of carbonyl (C=O) groups excluding carboxylic acids is 2. The van der Waals surface area contributed by atoms with Crippen molar-refractivity contribution in [3.05, 3.63) is 47.0 Å². The Kier molecular flexibility index (Phi) is 4.40. The van der Waals surface area contributed by atoms with E-state index in [1.807, 2.05) is 32.0 Å². The number of primary amides is 1. The van der Waals surface area contributed by atoms with Crippen LogP contribution in [0.4, 0.5) is 10.8 Å². The highest BCUT2D eigenvalue weighted by Crippen LogP contribution is 2.42. The number of hydrogen-bond donors (Lipinski definition) is 2. The summed E-state index contributed by atoms with van der Waals surface area (Å²) in [5.41, 5.74) is 8.20. The molecular formula is C21H20N6O3S. The average Bonchev–Trinajstić information content (AvgIpc) is 3.16. The van der Waals surface area contributed by atoms with Crippen LogP contribution in [0.1, 0.15) is 39.8 Å². The minimum absolute atomic E-state index is 0.0266. The van der Waals surface area contributed by atoms with Crippen molar-refractivity contribution in [2.75, 3.05) is 18.1 Å². The zero-order valence-corrected chi connectivity index (χ0v) is 17.8. The Morgan fingerprint density at radius 3 is 2.77 bits per heavy atom. The molecule has 10 heteroatoms. The van der Waals surface area contributed by atoms with Crippen LogP contribution in [0.2, 0.25) is 0 Å². The van der Waals surface area contributed by atoms with E-state index in [1.165, 1.54) is 11.3 Å². The summed E-state index contributed by atoms with van der Waals surface area (Å²) in [7, 11) is 0. The molecule has 0 aliphatic carbocycles. The molecule has 5 rings (SSSR count). The Morgan fingerprint density at radius 2 is 2.03 bits per heavy atom. The smallest absolute Gasteiger partial charge is 0.286 e. The summed E-state index contributed by atoms with van der Waals surface area (Å²) in [5, 5.41) is 3.80. The van der Waals surface area contributed by atoms with Crippen LogP contribution in [0.25, 0.3) is 11.1 Å². The van der Waals surface area contributed by atoms with E-state index in [1.54, 1.807) is 12.4 Å². The van der Waals surface area contributed by atoms with Crippen LogP contribution in [0.3, 0.4) is 0 Å². The number of ether oxygens (including phenoxy) is 1. The molecule has 3 N–H and O–H groups in total. The van der Waals surface area contributed by atoms with E-state index in [0.717, 1.165) is 33.4 Å². The second kappa shape index (κ2) is 7.02. The van der Waals surface area contributed by atoms with Crippen LogP contribution in [0.5, 0.6) is 5.75 Å². The molecule has 2 aliphatic heterocycles. The van der Waals surface area contributed by atoms with Gasteiger partial charge in [0.25, 0.3) is 11.8 Å². The number of carbonyl (C=O) groups is 2. The molecule has 0 unspecified atom stereocenters. The molecule has 0 saturated heterocycles. The summed E-state index contributed by atoms with van der Waals surface area (Å²) < 4.78 is 5.84. The van der Waals surface area contributed by atoms with Gasteiger partial charge in [0.15, 0.2) is 5.13 Å². The molecule has 4 heterocycles. The number of nitrogens with two attached hydrogens (primary N) is 1. The van der Waals surface area contributed by atoms with Gasteiger partial charge in [0, 0.05) is 29.9 Å². The Bertz CT molecular complexity index is 1200. The third-order valence-corrected chi connectivity index (χ3v) is 6.33. The Hall–Kier alpha value is -3.53. The monoisotopic (exact) mass is 436 g/mol. The molecule has 0 radical (unpaired) electrons. The molecule has 0 fully saturated rings. The zero-order chi connectivity index (χ0) is 21.8. The first kappa shape index (κ1) is 19.4. The largest absolute Gasteiger partial charge is 0.490 e. The maximum absolute atomic E-state index is 12.5. The first-order chi connectivity index (χ1) is 14.8. The lowest BCUT2D eigenvalue weighted by Crippen LogP contribution is -2.48. The van der Waals surface area contributed by atoms with E-state index < -0.39 is 5.91 Å². The lowest BCUT2D eigenvalue weighted by molar-refractivity contribution is 0.0900. The molecular weight excluding hydrogens is 416 g/mol. The number of thiazole rings is 1. The first-order valence-electron chi connectivity index (χ1n) is 9.79. The van der Waals surface area contributed by atoms with Gasteiger partial charge in [-0.3, -0.25) is 9.59 Å². The summed E-state index contributed by atoms with van der Waals surface area (Å²) in [4.78, 5) is 39.3. The fraction of sp³-hybridized carbons (Fsp3) is 0.286. The van der Waals surface area contributed by atoms with Gasteiger partial charge in [0.2, 0.25) is 5.82 Å². The summed E-state index contributed by atoms with van der Waals surface area (Å²) in [6.07, 6.45) is 3.82. The van der Waals surface area contributed by atoms with Crippen LogP contribution in [-0.4, -0.2) is 45.5 Å². The van der Waals surface area contributed by atoms with E-state index in [9.17, 15) is 9.59 Å². The van der Waals surface area contributed by atoms with Crippen molar-refractivity contribution in [3.8, 4) is 16.9 Å². The number of fused-ring (bicyclic) bond motifs is 2. The molecule has 158 valence electrons. The highest BCUT2D eigenvalue weighted by molar-refractivity contribution is 7.17. The third-order valence-electron chi connectivity index (χ3n) is 5.21. The van der Waals surface area contributed by atoms with Gasteiger partial charge in [-0.1, -0.05) is 17.4 Å². The summed E-state index contributed by atoms with van der Waals surface area (Å²) in [5.74, 6) is -0.0377. The van der Waals surface area contributed by atoms with Crippen LogP contribution in [0.15, 0.2) is 30.6 Å².